The van der Waals surface area contributed by atoms with E-state index in [2.05, 4.69) is 21.0 Å². The van der Waals surface area contributed by atoms with Gasteiger partial charge < -0.3 is 5.32 Å². The highest BCUT2D eigenvalue weighted by atomic mass is 32.1. The van der Waals surface area contributed by atoms with Crippen molar-refractivity contribution in [1.82, 2.24) is 10.4 Å². The predicted molar refractivity (Wildman–Crippen MR) is 121 cm³/mol. The van der Waals surface area contributed by atoms with Crippen LogP contribution >= 0.6 is 11.3 Å². The maximum atomic E-state index is 14.4. The molecule has 0 saturated carbocycles. The number of hydrazine groups is 1. The summed E-state index contributed by atoms with van der Waals surface area (Å²) in [5.74, 6) is -1.78. The van der Waals surface area contributed by atoms with E-state index in [9.17, 15) is 23.6 Å². The molecule has 33 heavy (non-hydrogen) atoms. The fraction of sp³-hybridized carbons (Fsp3) is 0.136. The number of carbonyl (C=O) groups excluding carboxylic acids is 4. The molecule has 2 heterocycles. The molecule has 11 heteroatoms. The third-order valence-electron chi connectivity index (χ3n) is 4.73. The third kappa shape index (κ3) is 5.04. The Morgan fingerprint density at radius 2 is 1.85 bits per heavy atom. The van der Waals surface area contributed by atoms with E-state index in [1.54, 1.807) is 23.6 Å². The number of thiazole rings is 1. The normalized spacial score (nSPS) is 13.5. The Hall–Kier alpha value is -4.12. The lowest BCUT2D eigenvalue weighted by molar-refractivity contribution is -0.130. The van der Waals surface area contributed by atoms with Crippen molar-refractivity contribution in [2.45, 2.75) is 19.8 Å². The van der Waals surface area contributed by atoms with E-state index in [0.29, 0.717) is 22.6 Å². The van der Waals surface area contributed by atoms with Crippen molar-refractivity contribution >= 4 is 51.5 Å². The summed E-state index contributed by atoms with van der Waals surface area (Å²) in [5, 5.41) is 8.22. The van der Waals surface area contributed by atoms with Crippen LogP contribution < -0.4 is 21.1 Å². The number of hydrogen-bond acceptors (Lipinski definition) is 6. The minimum Gasteiger partial charge on any atom is -0.326 e. The molecule has 1 fully saturated rings. The zero-order valence-electron chi connectivity index (χ0n) is 17.3. The number of nitrogens with zero attached hydrogens (tertiary/aromatic N) is 2. The summed E-state index contributed by atoms with van der Waals surface area (Å²) in [5.41, 5.74) is 4.17. The van der Waals surface area contributed by atoms with Gasteiger partial charge in [0.2, 0.25) is 17.7 Å². The van der Waals surface area contributed by atoms with Gasteiger partial charge in [-0.15, -0.1) is 11.3 Å². The van der Waals surface area contributed by atoms with E-state index >= 15 is 0 Å². The monoisotopic (exact) mass is 467 g/mol. The maximum absolute atomic E-state index is 14.4. The lowest BCUT2D eigenvalue weighted by Gasteiger charge is -2.27. The molecule has 9 nitrogen and oxygen atoms in total. The van der Waals surface area contributed by atoms with Crippen LogP contribution in [0, 0.1) is 5.82 Å². The number of benzene rings is 2. The Balaban J connectivity index is 1.44. The van der Waals surface area contributed by atoms with Crippen LogP contribution in [0.4, 0.5) is 20.9 Å². The fourth-order valence-corrected chi connectivity index (χ4v) is 3.88. The Bertz CT molecular complexity index is 1260. The van der Waals surface area contributed by atoms with Crippen molar-refractivity contribution in [3.8, 4) is 11.3 Å². The van der Waals surface area contributed by atoms with Gasteiger partial charge in [0.1, 0.15) is 5.82 Å². The van der Waals surface area contributed by atoms with Crippen molar-refractivity contribution in [3.63, 3.8) is 0 Å². The summed E-state index contributed by atoms with van der Waals surface area (Å²) < 4.78 is 14.4. The summed E-state index contributed by atoms with van der Waals surface area (Å²) in [6, 6.07) is 10.4. The SMILES string of the molecule is CC(=O)Nc1ccc(-c2csc(NC(=O)c3ccc(N4NC(=O)CCC4=O)cc3)n2)c(F)c1. The van der Waals surface area contributed by atoms with E-state index in [4.69, 9.17) is 0 Å². The van der Waals surface area contributed by atoms with Crippen LogP contribution in [-0.4, -0.2) is 28.6 Å². The van der Waals surface area contributed by atoms with Crippen LogP contribution in [0.15, 0.2) is 47.8 Å². The van der Waals surface area contributed by atoms with Gasteiger partial charge >= 0.3 is 0 Å². The number of halogens is 1. The van der Waals surface area contributed by atoms with Crippen molar-refractivity contribution in [2.75, 3.05) is 15.6 Å². The number of rotatable bonds is 5. The van der Waals surface area contributed by atoms with Crippen molar-refractivity contribution in [1.29, 1.82) is 0 Å². The zero-order chi connectivity index (χ0) is 23.5. The molecule has 0 unspecified atom stereocenters. The molecule has 3 aromatic rings. The van der Waals surface area contributed by atoms with Gasteiger partial charge in [0, 0.05) is 42.0 Å². The third-order valence-corrected chi connectivity index (χ3v) is 5.49. The van der Waals surface area contributed by atoms with Crippen LogP contribution in [0.25, 0.3) is 11.3 Å². The van der Waals surface area contributed by atoms with Gasteiger partial charge in [-0.1, -0.05) is 0 Å². The van der Waals surface area contributed by atoms with Gasteiger partial charge in [-0.2, -0.15) is 0 Å². The zero-order valence-corrected chi connectivity index (χ0v) is 18.2. The van der Waals surface area contributed by atoms with E-state index in [1.165, 1.54) is 31.2 Å². The molecule has 3 N–H and O–H groups in total. The summed E-state index contributed by atoms with van der Waals surface area (Å²) in [6.45, 7) is 1.33. The molecule has 4 rings (SSSR count). The predicted octanol–water partition coefficient (Wildman–Crippen LogP) is 3.32. The smallest absolute Gasteiger partial charge is 0.257 e. The molecule has 168 valence electrons. The minimum atomic E-state index is -0.556. The van der Waals surface area contributed by atoms with Crippen molar-refractivity contribution in [3.05, 3.63) is 59.2 Å². The van der Waals surface area contributed by atoms with Crippen LogP contribution in [0.3, 0.4) is 0 Å². The Labute approximate surface area is 191 Å². The number of nitrogens with one attached hydrogen (secondary N) is 3. The molecule has 0 spiro atoms. The first-order valence-electron chi connectivity index (χ1n) is 9.87. The van der Waals surface area contributed by atoms with Crippen LogP contribution in [0.1, 0.15) is 30.1 Å². The summed E-state index contributed by atoms with van der Waals surface area (Å²) in [4.78, 5) is 51.5. The van der Waals surface area contributed by atoms with E-state index < -0.39 is 11.7 Å². The molecule has 0 bridgehead atoms. The first-order chi connectivity index (χ1) is 15.8. The van der Waals surface area contributed by atoms with Crippen molar-refractivity contribution < 1.29 is 23.6 Å². The lowest BCUT2D eigenvalue weighted by Crippen LogP contribution is -2.50. The van der Waals surface area contributed by atoms with Crippen LogP contribution in [-0.2, 0) is 14.4 Å². The fourth-order valence-electron chi connectivity index (χ4n) is 3.17. The van der Waals surface area contributed by atoms with Crippen LogP contribution in [0.2, 0.25) is 0 Å². The molecule has 1 aliphatic heterocycles. The van der Waals surface area contributed by atoms with Gasteiger partial charge in [0.25, 0.3) is 5.91 Å². The summed E-state index contributed by atoms with van der Waals surface area (Å²) in [6.07, 6.45) is 0.270. The summed E-state index contributed by atoms with van der Waals surface area (Å²) >= 11 is 1.14. The second-order valence-electron chi connectivity index (χ2n) is 7.18. The number of anilines is 3. The molecule has 1 aromatic heterocycles. The van der Waals surface area contributed by atoms with E-state index in [1.807, 2.05) is 0 Å². The number of hydrogen-bond donors (Lipinski definition) is 3. The average molecular weight is 467 g/mol. The number of amides is 4. The highest BCUT2D eigenvalue weighted by molar-refractivity contribution is 7.14. The quantitative estimate of drug-likeness (QED) is 0.532. The first kappa shape index (κ1) is 22.1. The first-order valence-corrected chi connectivity index (χ1v) is 10.7. The highest BCUT2D eigenvalue weighted by Gasteiger charge is 2.24. The molecule has 4 amide bonds. The molecule has 0 atom stereocenters. The molecule has 0 aliphatic carbocycles. The largest absolute Gasteiger partial charge is 0.326 e. The number of carbonyl (C=O) groups is 4. The Kier molecular flexibility index (Phi) is 6.13. The number of aromatic nitrogens is 1. The van der Waals surface area contributed by atoms with Gasteiger partial charge in [0.15, 0.2) is 5.13 Å². The lowest BCUT2D eigenvalue weighted by atomic mass is 10.1. The Morgan fingerprint density at radius 1 is 1.09 bits per heavy atom. The van der Waals surface area contributed by atoms with E-state index in [0.717, 1.165) is 16.3 Å². The van der Waals surface area contributed by atoms with Gasteiger partial charge in [-0.25, -0.2) is 14.4 Å². The van der Waals surface area contributed by atoms with Crippen molar-refractivity contribution in [2.24, 2.45) is 0 Å². The molecular formula is C22H18FN5O4S. The minimum absolute atomic E-state index is 0.122. The molecule has 2 aromatic carbocycles. The second kappa shape index (κ2) is 9.17. The standard InChI is InChI=1S/C22H18FN5O4S/c1-12(29)24-14-4-7-16(17(23)10-14)18-11-33-22(25-18)26-21(32)13-2-5-15(6-3-13)28-20(31)9-8-19(30)27-28/h2-7,10-11H,8-9H2,1H3,(H,24,29)(H,27,30)(H,25,26,32). The Morgan fingerprint density at radius 3 is 2.55 bits per heavy atom. The molecule has 1 aliphatic rings. The van der Waals surface area contributed by atoms with Gasteiger partial charge in [-0.3, -0.25) is 29.9 Å². The highest BCUT2D eigenvalue weighted by Crippen LogP contribution is 2.29. The second-order valence-corrected chi connectivity index (χ2v) is 8.04. The topological polar surface area (TPSA) is 120 Å². The van der Waals surface area contributed by atoms with E-state index in [-0.39, 0.29) is 41.3 Å². The molecule has 1 saturated heterocycles. The average Bonchev–Trinajstić information content (AvgIpc) is 3.23. The molecular weight excluding hydrogens is 449 g/mol. The maximum Gasteiger partial charge on any atom is 0.257 e. The van der Waals surface area contributed by atoms with Gasteiger partial charge in [-0.05, 0) is 42.5 Å². The molecule has 0 radical (unpaired) electrons. The van der Waals surface area contributed by atoms with Crippen LogP contribution in [0.5, 0.6) is 0 Å². The summed E-state index contributed by atoms with van der Waals surface area (Å²) in [7, 11) is 0. The van der Waals surface area contributed by atoms with Gasteiger partial charge in [0.05, 0.1) is 11.4 Å².